The number of nitrogens with zero attached hydrogens (tertiary/aromatic N) is 6. The first-order chi connectivity index (χ1) is 19.1. The monoisotopic (exact) mass is 556 g/mol. The number of methoxy groups -OCH3 is 1. The molecule has 1 unspecified atom stereocenters. The number of benzene rings is 1. The zero-order valence-corrected chi connectivity index (χ0v) is 21.7. The molecule has 0 amide bonds. The standard InChI is InChI=1S/C27H28F4N8O/c1-40-21-10-16(28)15(9-17(21)29)18-3-4-20(39-8-2-6-26(33)12-27(30,31)7-5-22(26)39)19(37-18)11-38-14-36-23-24(32)34-13-35-25(23)38/h3-4,9-10,13-14,22H,2,5-8,11-12,33H2,1H3,(H2,32,34,35)/t22?,26-/m0/s1. The van der Waals surface area contributed by atoms with Crippen molar-refractivity contribution in [2.24, 2.45) is 5.73 Å². The number of anilines is 2. The second-order valence-electron chi connectivity index (χ2n) is 10.5. The van der Waals surface area contributed by atoms with Gasteiger partial charge in [-0.2, -0.15) is 0 Å². The van der Waals surface area contributed by atoms with Crippen molar-refractivity contribution >= 4 is 22.7 Å². The van der Waals surface area contributed by atoms with Crippen LogP contribution in [0.5, 0.6) is 5.75 Å². The zero-order valence-electron chi connectivity index (χ0n) is 21.7. The number of alkyl halides is 2. The van der Waals surface area contributed by atoms with Crippen molar-refractivity contribution in [3.63, 3.8) is 0 Å². The van der Waals surface area contributed by atoms with Gasteiger partial charge in [-0.05, 0) is 37.5 Å². The summed E-state index contributed by atoms with van der Waals surface area (Å²) in [4.78, 5) is 19.4. The van der Waals surface area contributed by atoms with Crippen molar-refractivity contribution in [1.29, 1.82) is 0 Å². The van der Waals surface area contributed by atoms with Crippen molar-refractivity contribution in [2.45, 2.75) is 56.2 Å². The molecule has 1 saturated heterocycles. The molecular weight excluding hydrogens is 528 g/mol. The lowest BCUT2D eigenvalue weighted by molar-refractivity contribution is -0.0710. The van der Waals surface area contributed by atoms with E-state index in [1.807, 2.05) is 4.90 Å². The quantitative estimate of drug-likeness (QED) is 0.349. The van der Waals surface area contributed by atoms with Gasteiger partial charge in [-0.3, -0.25) is 0 Å². The SMILES string of the molecule is COc1cc(F)c(-c2ccc(N3CCC[C@]4(N)CC(F)(F)CCC34)c(Cn3cnc4c(N)ncnc43)n2)cc1F. The average molecular weight is 557 g/mol. The lowest BCUT2D eigenvalue weighted by atomic mass is 9.70. The Hall–Kier alpha value is -4.00. The van der Waals surface area contributed by atoms with E-state index in [1.54, 1.807) is 23.0 Å². The highest BCUT2D eigenvalue weighted by atomic mass is 19.3. The van der Waals surface area contributed by atoms with E-state index >= 15 is 4.39 Å². The fourth-order valence-electron chi connectivity index (χ4n) is 6.15. The van der Waals surface area contributed by atoms with E-state index < -0.39 is 23.1 Å². The van der Waals surface area contributed by atoms with Gasteiger partial charge in [-0.15, -0.1) is 0 Å². The van der Waals surface area contributed by atoms with Crippen LogP contribution in [0.3, 0.4) is 0 Å². The lowest BCUT2D eigenvalue weighted by Crippen LogP contribution is -2.66. The molecule has 4 aromatic rings. The second-order valence-corrected chi connectivity index (χ2v) is 10.5. The van der Waals surface area contributed by atoms with Gasteiger partial charge in [0, 0.05) is 42.6 Å². The number of halogens is 4. The summed E-state index contributed by atoms with van der Waals surface area (Å²) in [5, 5.41) is 0. The third-order valence-corrected chi connectivity index (χ3v) is 7.98. The molecule has 40 heavy (non-hydrogen) atoms. The van der Waals surface area contributed by atoms with Crippen LogP contribution in [0.25, 0.3) is 22.4 Å². The molecule has 0 radical (unpaired) electrons. The number of fused-ring (bicyclic) bond motifs is 2. The Labute approximate surface area is 227 Å². The number of imidazole rings is 1. The van der Waals surface area contributed by atoms with Gasteiger partial charge in [0.2, 0.25) is 5.92 Å². The minimum atomic E-state index is -2.81. The first kappa shape index (κ1) is 26.2. The second kappa shape index (κ2) is 9.58. The van der Waals surface area contributed by atoms with Crippen molar-refractivity contribution < 1.29 is 22.3 Å². The molecule has 1 saturated carbocycles. The largest absolute Gasteiger partial charge is 0.494 e. The number of rotatable bonds is 5. The number of hydrogen-bond donors (Lipinski definition) is 2. The molecule has 210 valence electrons. The van der Waals surface area contributed by atoms with E-state index in [0.717, 1.165) is 12.1 Å². The highest BCUT2D eigenvalue weighted by Gasteiger charge is 2.52. The predicted octanol–water partition coefficient (Wildman–Crippen LogP) is 4.29. The van der Waals surface area contributed by atoms with Gasteiger partial charge in [0.15, 0.2) is 23.0 Å². The van der Waals surface area contributed by atoms with Crippen LogP contribution in [0.15, 0.2) is 36.9 Å². The van der Waals surface area contributed by atoms with Gasteiger partial charge in [-0.1, -0.05) is 0 Å². The maximum atomic E-state index is 15.0. The first-order valence-electron chi connectivity index (χ1n) is 13.0. The number of nitrogens with two attached hydrogens (primary N) is 2. The molecule has 2 aliphatic rings. The van der Waals surface area contributed by atoms with Crippen molar-refractivity contribution in [3.8, 4) is 17.0 Å². The summed E-state index contributed by atoms with van der Waals surface area (Å²) in [5.41, 5.74) is 13.7. The van der Waals surface area contributed by atoms with Gasteiger partial charge < -0.3 is 25.7 Å². The Kier molecular flexibility index (Phi) is 6.28. The summed E-state index contributed by atoms with van der Waals surface area (Å²) in [7, 11) is 1.26. The average Bonchev–Trinajstić information content (AvgIpc) is 3.32. The third-order valence-electron chi connectivity index (χ3n) is 7.98. The number of aromatic nitrogens is 5. The molecule has 1 aliphatic carbocycles. The summed E-state index contributed by atoms with van der Waals surface area (Å²) in [6.07, 6.45) is 3.57. The predicted molar refractivity (Wildman–Crippen MR) is 141 cm³/mol. The van der Waals surface area contributed by atoms with Crippen LogP contribution < -0.4 is 21.1 Å². The molecule has 0 bridgehead atoms. The number of piperidine rings is 1. The molecule has 3 aromatic heterocycles. The molecule has 9 nitrogen and oxygen atoms in total. The summed E-state index contributed by atoms with van der Waals surface area (Å²) < 4.78 is 65.0. The minimum absolute atomic E-state index is 0.0442. The van der Waals surface area contributed by atoms with Gasteiger partial charge in [0.25, 0.3) is 0 Å². The summed E-state index contributed by atoms with van der Waals surface area (Å²) in [6, 6.07) is 5.04. The van der Waals surface area contributed by atoms with Crippen LogP contribution >= 0.6 is 0 Å². The van der Waals surface area contributed by atoms with E-state index in [0.29, 0.717) is 41.9 Å². The Morgan fingerprint density at radius 3 is 2.73 bits per heavy atom. The smallest absolute Gasteiger partial charge is 0.250 e. The van der Waals surface area contributed by atoms with E-state index in [4.69, 9.17) is 21.2 Å². The Balaban J connectivity index is 1.47. The normalized spacial score (nSPS) is 22.4. The number of nitrogen functional groups attached to an aromatic ring is 1. The Morgan fingerprint density at radius 1 is 1.10 bits per heavy atom. The van der Waals surface area contributed by atoms with Crippen LogP contribution in [0.2, 0.25) is 0 Å². The molecule has 2 fully saturated rings. The van der Waals surface area contributed by atoms with Crippen LogP contribution in [-0.4, -0.2) is 55.7 Å². The molecule has 6 rings (SSSR count). The van der Waals surface area contributed by atoms with Gasteiger partial charge in [0.05, 0.1) is 37.1 Å². The number of pyridine rings is 1. The number of hydrogen-bond acceptors (Lipinski definition) is 8. The fraction of sp³-hybridized carbons (Fsp3) is 0.407. The van der Waals surface area contributed by atoms with Gasteiger partial charge in [0.1, 0.15) is 17.7 Å². The van der Waals surface area contributed by atoms with Gasteiger partial charge in [-0.25, -0.2) is 37.5 Å². The van der Waals surface area contributed by atoms with E-state index in [2.05, 4.69) is 15.0 Å². The van der Waals surface area contributed by atoms with Crippen LogP contribution in [0.4, 0.5) is 29.1 Å². The first-order valence-corrected chi connectivity index (χ1v) is 13.0. The summed E-state index contributed by atoms with van der Waals surface area (Å²) in [6.45, 7) is 0.738. The number of ether oxygens (including phenoxy) is 1. The van der Waals surface area contributed by atoms with E-state index in [9.17, 15) is 13.2 Å². The van der Waals surface area contributed by atoms with Crippen LogP contribution in [0.1, 0.15) is 37.8 Å². The lowest BCUT2D eigenvalue weighted by Gasteiger charge is -2.53. The molecule has 13 heteroatoms. The Morgan fingerprint density at radius 2 is 1.93 bits per heavy atom. The van der Waals surface area contributed by atoms with Gasteiger partial charge >= 0.3 is 0 Å². The van der Waals surface area contributed by atoms with Crippen molar-refractivity contribution in [1.82, 2.24) is 24.5 Å². The molecule has 2 atom stereocenters. The summed E-state index contributed by atoms with van der Waals surface area (Å²) >= 11 is 0. The summed E-state index contributed by atoms with van der Waals surface area (Å²) in [5.74, 6) is -4.25. The molecular formula is C27H28F4N8O. The molecule has 0 spiro atoms. The Bertz CT molecular complexity index is 1590. The minimum Gasteiger partial charge on any atom is -0.494 e. The van der Waals surface area contributed by atoms with E-state index in [-0.39, 0.29) is 54.7 Å². The fourth-order valence-corrected chi connectivity index (χ4v) is 6.15. The zero-order chi connectivity index (χ0) is 28.2. The molecule has 4 N–H and O–H groups in total. The molecule has 4 heterocycles. The van der Waals surface area contributed by atoms with Crippen molar-refractivity contribution in [2.75, 3.05) is 24.3 Å². The van der Waals surface area contributed by atoms with Crippen LogP contribution in [-0.2, 0) is 6.54 Å². The molecule has 1 aliphatic heterocycles. The van der Waals surface area contributed by atoms with Crippen LogP contribution in [0, 0.1) is 11.6 Å². The van der Waals surface area contributed by atoms with E-state index in [1.165, 1.54) is 13.4 Å². The highest BCUT2D eigenvalue weighted by molar-refractivity contribution is 5.81. The maximum absolute atomic E-state index is 15.0. The topological polar surface area (TPSA) is 121 Å². The third kappa shape index (κ3) is 4.47. The highest BCUT2D eigenvalue weighted by Crippen LogP contribution is 2.46. The maximum Gasteiger partial charge on any atom is 0.250 e. The molecule has 1 aromatic carbocycles. The van der Waals surface area contributed by atoms with Crippen molar-refractivity contribution in [3.05, 3.63) is 54.2 Å².